The van der Waals surface area contributed by atoms with Gasteiger partial charge in [-0.05, 0) is 6.92 Å². The molecule has 4 rings (SSSR count). The Kier molecular flexibility index (Phi) is 4.87. The lowest BCUT2D eigenvalue weighted by atomic mass is 9.97. The Balaban J connectivity index is 1.71. The number of rotatable bonds is 6. The molecule has 2 amide bonds. The zero-order valence-corrected chi connectivity index (χ0v) is 16.4. The summed E-state index contributed by atoms with van der Waals surface area (Å²) >= 11 is 1.50. The molecule has 0 radical (unpaired) electrons. The van der Waals surface area contributed by atoms with Crippen molar-refractivity contribution in [2.24, 2.45) is 12.0 Å². The fourth-order valence-electron chi connectivity index (χ4n) is 3.61. The van der Waals surface area contributed by atoms with Crippen LogP contribution in [0.4, 0.5) is 4.79 Å². The molecule has 11 heteroatoms. The van der Waals surface area contributed by atoms with Gasteiger partial charge >= 0.3 is 6.03 Å². The number of hydrogen-bond donors (Lipinski definition) is 2. The van der Waals surface area contributed by atoms with Gasteiger partial charge in [0, 0.05) is 23.7 Å². The summed E-state index contributed by atoms with van der Waals surface area (Å²) in [4.78, 5) is 29.1. The van der Waals surface area contributed by atoms with E-state index in [0.29, 0.717) is 13.1 Å². The van der Waals surface area contributed by atoms with Gasteiger partial charge in [-0.3, -0.25) is 25.2 Å². The highest BCUT2D eigenvalue weighted by Crippen LogP contribution is 2.44. The average molecular weight is 403 g/mol. The van der Waals surface area contributed by atoms with Crippen LogP contribution in [0.25, 0.3) is 0 Å². The van der Waals surface area contributed by atoms with Gasteiger partial charge in [0.2, 0.25) is 0 Å². The number of aromatic nitrogens is 3. The quantitative estimate of drug-likeness (QED) is 0.329. The Labute approximate surface area is 165 Å². The van der Waals surface area contributed by atoms with Crippen molar-refractivity contribution in [3.8, 4) is 0 Å². The minimum atomic E-state index is -0.602. The molecule has 2 aliphatic heterocycles. The number of amidine groups is 1. The smallest absolute Gasteiger partial charge is 0.304 e. The second-order valence-electron chi connectivity index (χ2n) is 6.57. The molecule has 1 saturated heterocycles. The standard InChI is InChI=1S/C17H21N7O3S/c1-4-5-27-24-12-8-23(17(24)25)15(14-11(12)6-19-22(14)3)16(21-26)18-7-13-20-10(2)9-28-13/h4,6,9,12,15,26H,1,5,7-8H2,2-3H3,(H,18,21)/t12-,15-/m0/s1. The second-order valence-corrected chi connectivity index (χ2v) is 7.51. The number of carbonyl (C=O) groups excluding carboxylic acids is 1. The van der Waals surface area contributed by atoms with E-state index in [1.165, 1.54) is 16.4 Å². The van der Waals surface area contributed by atoms with Gasteiger partial charge in [-0.2, -0.15) is 10.2 Å². The zero-order chi connectivity index (χ0) is 19.8. The molecule has 2 aromatic heterocycles. The summed E-state index contributed by atoms with van der Waals surface area (Å²) in [5.41, 5.74) is 4.76. The fourth-order valence-corrected chi connectivity index (χ4v) is 4.30. The summed E-state index contributed by atoms with van der Waals surface area (Å²) in [7, 11) is 1.80. The van der Waals surface area contributed by atoms with Crippen LogP contribution in [0.5, 0.6) is 0 Å². The van der Waals surface area contributed by atoms with E-state index >= 15 is 0 Å². The first-order valence-electron chi connectivity index (χ1n) is 8.76. The monoisotopic (exact) mass is 403 g/mol. The molecule has 4 heterocycles. The van der Waals surface area contributed by atoms with E-state index in [0.717, 1.165) is 22.0 Å². The lowest BCUT2D eigenvalue weighted by Gasteiger charge is -2.31. The van der Waals surface area contributed by atoms with Crippen molar-refractivity contribution in [2.45, 2.75) is 25.6 Å². The number of fused-ring (bicyclic) bond motifs is 4. The highest BCUT2D eigenvalue weighted by molar-refractivity contribution is 7.09. The highest BCUT2D eigenvalue weighted by atomic mass is 32.1. The number of amides is 2. The molecular weight excluding hydrogens is 382 g/mol. The first-order chi connectivity index (χ1) is 13.5. The molecule has 0 spiro atoms. The van der Waals surface area contributed by atoms with E-state index in [4.69, 9.17) is 4.84 Å². The van der Waals surface area contributed by atoms with Gasteiger partial charge in [0.1, 0.15) is 17.1 Å². The predicted molar refractivity (Wildman–Crippen MR) is 102 cm³/mol. The Hall–Kier alpha value is -2.76. The van der Waals surface area contributed by atoms with E-state index in [1.807, 2.05) is 12.3 Å². The van der Waals surface area contributed by atoms with Crippen molar-refractivity contribution in [2.75, 3.05) is 13.2 Å². The highest BCUT2D eigenvalue weighted by Gasteiger charge is 2.51. The van der Waals surface area contributed by atoms with Crippen LogP contribution in [-0.2, 0) is 18.4 Å². The Morgan fingerprint density at radius 2 is 2.43 bits per heavy atom. The molecule has 1 fully saturated rings. The van der Waals surface area contributed by atoms with Crippen LogP contribution in [0.1, 0.15) is 34.0 Å². The van der Waals surface area contributed by atoms with Gasteiger partial charge in [0.15, 0.2) is 5.84 Å². The van der Waals surface area contributed by atoms with Crippen LogP contribution in [-0.4, -0.2) is 55.0 Å². The van der Waals surface area contributed by atoms with Gasteiger partial charge in [-0.15, -0.1) is 17.9 Å². The van der Waals surface area contributed by atoms with Crippen molar-refractivity contribution in [3.05, 3.63) is 46.2 Å². The number of hydrogen-bond acceptors (Lipinski definition) is 7. The molecule has 0 aliphatic carbocycles. The maximum Gasteiger partial charge on any atom is 0.345 e. The van der Waals surface area contributed by atoms with E-state index in [1.54, 1.807) is 28.9 Å². The van der Waals surface area contributed by atoms with Crippen molar-refractivity contribution >= 4 is 23.2 Å². The SMILES string of the molecule is C=CCON1C(=O)N2C[C@H]1c1cnn(C)c1[C@H]2C(=NCc1nc(C)cs1)NO. The molecule has 0 unspecified atom stereocenters. The molecule has 2 aromatic rings. The average Bonchev–Trinajstić information content (AvgIpc) is 3.35. The van der Waals surface area contributed by atoms with Gasteiger partial charge in [-0.25, -0.2) is 9.78 Å². The minimum Gasteiger partial charge on any atom is -0.304 e. The maximum absolute atomic E-state index is 13.0. The molecule has 10 nitrogen and oxygen atoms in total. The summed E-state index contributed by atoms with van der Waals surface area (Å²) in [5, 5.41) is 18.3. The summed E-state index contributed by atoms with van der Waals surface area (Å²) in [6.07, 6.45) is 3.32. The van der Waals surface area contributed by atoms with E-state index in [-0.39, 0.29) is 24.5 Å². The van der Waals surface area contributed by atoms with Crippen LogP contribution >= 0.6 is 11.3 Å². The largest absolute Gasteiger partial charge is 0.345 e. The molecule has 0 saturated carbocycles. The molecule has 28 heavy (non-hydrogen) atoms. The molecule has 2 aliphatic rings. The van der Waals surface area contributed by atoms with Gasteiger partial charge < -0.3 is 4.90 Å². The minimum absolute atomic E-state index is 0.221. The summed E-state index contributed by atoms with van der Waals surface area (Å²) in [5.74, 6) is 0.259. The topological polar surface area (TPSA) is 108 Å². The lowest BCUT2D eigenvalue weighted by Crippen LogP contribution is -2.43. The van der Waals surface area contributed by atoms with Crippen molar-refractivity contribution in [1.29, 1.82) is 0 Å². The Morgan fingerprint density at radius 3 is 3.11 bits per heavy atom. The third kappa shape index (κ3) is 2.97. The van der Waals surface area contributed by atoms with E-state index in [9.17, 15) is 10.0 Å². The van der Waals surface area contributed by atoms with E-state index in [2.05, 4.69) is 27.1 Å². The van der Waals surface area contributed by atoms with Crippen LogP contribution in [0.3, 0.4) is 0 Å². The summed E-state index contributed by atoms with van der Waals surface area (Å²) < 4.78 is 1.70. The number of nitrogens with zero attached hydrogens (tertiary/aromatic N) is 6. The summed E-state index contributed by atoms with van der Waals surface area (Å²) in [6.45, 7) is 6.48. The predicted octanol–water partition coefficient (Wildman–Crippen LogP) is 1.71. The number of thiazole rings is 1. The Bertz CT molecular complexity index is 937. The first kappa shape index (κ1) is 18.6. The van der Waals surface area contributed by atoms with E-state index < -0.39 is 6.04 Å². The normalized spacial score (nSPS) is 21.2. The van der Waals surface area contributed by atoms with Crippen LogP contribution in [0.15, 0.2) is 29.2 Å². The number of hydroxylamine groups is 3. The van der Waals surface area contributed by atoms with Crippen molar-refractivity contribution in [1.82, 2.24) is 30.2 Å². The van der Waals surface area contributed by atoms with Crippen LogP contribution in [0.2, 0.25) is 0 Å². The molecule has 2 bridgehead atoms. The summed E-state index contributed by atoms with van der Waals surface area (Å²) in [6, 6.07) is -1.16. The second kappa shape index (κ2) is 7.34. The number of aryl methyl sites for hydroxylation is 2. The van der Waals surface area contributed by atoms with Gasteiger partial charge in [0.05, 0.1) is 31.6 Å². The van der Waals surface area contributed by atoms with Crippen molar-refractivity contribution in [3.63, 3.8) is 0 Å². The molecule has 148 valence electrons. The van der Waals surface area contributed by atoms with Crippen LogP contribution < -0.4 is 5.48 Å². The zero-order valence-electron chi connectivity index (χ0n) is 15.6. The van der Waals surface area contributed by atoms with Gasteiger partial charge in [-0.1, -0.05) is 6.08 Å². The molecule has 0 aromatic carbocycles. The third-order valence-electron chi connectivity index (χ3n) is 4.79. The number of urea groups is 1. The lowest BCUT2D eigenvalue weighted by molar-refractivity contribution is -0.118. The number of carbonyl (C=O) groups is 1. The molecule has 2 atom stereocenters. The Morgan fingerprint density at radius 1 is 1.61 bits per heavy atom. The first-order valence-corrected chi connectivity index (χ1v) is 9.64. The van der Waals surface area contributed by atoms with Gasteiger partial charge in [0.25, 0.3) is 0 Å². The van der Waals surface area contributed by atoms with Crippen molar-refractivity contribution < 1.29 is 14.8 Å². The number of nitrogens with one attached hydrogen (secondary N) is 1. The molecular formula is C17H21N7O3S. The number of aliphatic imine (C=N–C) groups is 1. The molecule has 2 N–H and O–H groups in total. The van der Waals surface area contributed by atoms with Crippen LogP contribution in [0, 0.1) is 6.92 Å². The fraction of sp³-hybridized carbons (Fsp3) is 0.412. The third-order valence-corrected chi connectivity index (χ3v) is 5.74. The maximum atomic E-state index is 13.0.